The number of benzene rings is 1. The first-order valence-corrected chi connectivity index (χ1v) is 4.88. The van der Waals surface area contributed by atoms with E-state index in [0.717, 1.165) is 0 Å². The first kappa shape index (κ1) is 11.9. The van der Waals surface area contributed by atoms with Crippen LogP contribution in [0.4, 0.5) is 0 Å². The Balaban J connectivity index is 3.42. The molecule has 0 amide bonds. The molecule has 0 unspecified atom stereocenters. The highest BCUT2D eigenvalue weighted by molar-refractivity contribution is 5.72. The minimum atomic E-state index is -1.36. The largest absolute Gasteiger partial charge is 0.302 e. The van der Waals surface area contributed by atoms with Crippen LogP contribution in [0.1, 0.15) is 19.4 Å². The van der Waals surface area contributed by atoms with Crippen molar-refractivity contribution in [1.82, 2.24) is 0 Å². The Hall–Kier alpha value is -2.13. The van der Waals surface area contributed by atoms with Gasteiger partial charge >= 0.3 is 0 Å². The van der Waals surface area contributed by atoms with Gasteiger partial charge in [-0.1, -0.05) is 30.3 Å². The molecule has 16 heavy (non-hydrogen) atoms. The summed E-state index contributed by atoms with van der Waals surface area (Å²) in [6.07, 6.45) is 0.675. The van der Waals surface area contributed by atoms with Crippen molar-refractivity contribution >= 4 is 6.29 Å². The fraction of sp³-hybridized carbons (Fsp3) is 0.308. The van der Waals surface area contributed by atoms with Crippen LogP contribution in [0.15, 0.2) is 30.3 Å². The van der Waals surface area contributed by atoms with Gasteiger partial charge < -0.3 is 4.79 Å². The van der Waals surface area contributed by atoms with Crippen molar-refractivity contribution in [2.24, 2.45) is 5.41 Å². The zero-order chi connectivity index (χ0) is 12.2. The zero-order valence-corrected chi connectivity index (χ0v) is 9.27. The van der Waals surface area contributed by atoms with Gasteiger partial charge in [0.2, 0.25) is 0 Å². The van der Waals surface area contributed by atoms with Crippen LogP contribution in [0.5, 0.6) is 0 Å². The predicted octanol–water partition coefficient (Wildman–Crippen LogP) is 2.20. The number of rotatable bonds is 3. The van der Waals surface area contributed by atoms with Gasteiger partial charge in [0.05, 0.1) is 17.6 Å². The molecule has 0 fully saturated rings. The van der Waals surface area contributed by atoms with Gasteiger partial charge in [0.1, 0.15) is 6.29 Å². The maximum Gasteiger partial charge on any atom is 0.156 e. The van der Waals surface area contributed by atoms with E-state index in [9.17, 15) is 4.79 Å². The fourth-order valence-electron chi connectivity index (χ4n) is 1.52. The Kier molecular flexibility index (Phi) is 3.11. The molecule has 0 radical (unpaired) electrons. The third-order valence-corrected chi connectivity index (χ3v) is 3.10. The van der Waals surface area contributed by atoms with Crippen LogP contribution in [-0.4, -0.2) is 6.29 Å². The molecule has 3 heteroatoms. The molecule has 80 valence electrons. The zero-order valence-electron chi connectivity index (χ0n) is 9.27. The number of carbonyl (C=O) groups excluding carboxylic acids is 1. The summed E-state index contributed by atoms with van der Waals surface area (Å²) in [5.74, 6) is 0. The fourth-order valence-corrected chi connectivity index (χ4v) is 1.52. The highest BCUT2D eigenvalue weighted by Crippen LogP contribution is 2.39. The first-order chi connectivity index (χ1) is 7.54. The average molecular weight is 212 g/mol. The van der Waals surface area contributed by atoms with Crippen molar-refractivity contribution in [1.29, 1.82) is 10.5 Å². The lowest BCUT2D eigenvalue weighted by atomic mass is 9.64. The molecule has 0 aliphatic rings. The third kappa shape index (κ3) is 1.57. The van der Waals surface area contributed by atoms with Crippen LogP contribution in [0.3, 0.4) is 0 Å². The van der Waals surface area contributed by atoms with Crippen LogP contribution in [0.25, 0.3) is 0 Å². The molecule has 1 aromatic carbocycles. The second-order valence-corrected chi connectivity index (χ2v) is 4.03. The van der Waals surface area contributed by atoms with Crippen LogP contribution >= 0.6 is 0 Å². The molecule has 0 saturated carbocycles. The van der Waals surface area contributed by atoms with E-state index in [0.29, 0.717) is 11.8 Å². The second kappa shape index (κ2) is 4.16. The van der Waals surface area contributed by atoms with Gasteiger partial charge in [0.25, 0.3) is 0 Å². The Labute approximate surface area is 94.9 Å². The quantitative estimate of drug-likeness (QED) is 0.721. The van der Waals surface area contributed by atoms with E-state index < -0.39 is 10.8 Å². The van der Waals surface area contributed by atoms with E-state index in [1.165, 1.54) is 6.92 Å². The van der Waals surface area contributed by atoms with Crippen LogP contribution in [-0.2, 0) is 10.2 Å². The molecule has 0 aliphatic heterocycles. The summed E-state index contributed by atoms with van der Waals surface area (Å²) in [5, 5.41) is 18.2. The number of nitriles is 2. The van der Waals surface area contributed by atoms with E-state index >= 15 is 0 Å². The molecule has 0 aliphatic carbocycles. The number of hydrogen-bond donors (Lipinski definition) is 0. The van der Waals surface area contributed by atoms with E-state index in [4.69, 9.17) is 10.5 Å². The van der Waals surface area contributed by atoms with Crippen molar-refractivity contribution in [3.8, 4) is 12.1 Å². The van der Waals surface area contributed by atoms with E-state index in [2.05, 4.69) is 0 Å². The summed E-state index contributed by atoms with van der Waals surface area (Å²) in [6, 6.07) is 12.7. The molecule has 3 nitrogen and oxygen atoms in total. The molecule has 1 aromatic rings. The molecular formula is C13H12N2O. The molecule has 0 spiro atoms. The van der Waals surface area contributed by atoms with Gasteiger partial charge in [-0.05, 0) is 19.4 Å². The highest BCUT2D eigenvalue weighted by Gasteiger charge is 2.47. The average Bonchev–Trinajstić information content (AvgIpc) is 2.37. The van der Waals surface area contributed by atoms with Crippen LogP contribution in [0.2, 0.25) is 0 Å². The standard InChI is InChI=1S/C13H12N2O/c1-12(8-14,9-15)13(2,10-16)11-6-4-3-5-7-11/h3-7,10H,1-2H3/t13-/m0/s1. The summed E-state index contributed by atoms with van der Waals surface area (Å²) >= 11 is 0. The van der Waals surface area contributed by atoms with E-state index in [1.54, 1.807) is 31.2 Å². The summed E-state index contributed by atoms with van der Waals surface area (Å²) in [4.78, 5) is 11.3. The number of hydrogen-bond acceptors (Lipinski definition) is 3. The summed E-state index contributed by atoms with van der Waals surface area (Å²) in [5.41, 5.74) is -1.80. The van der Waals surface area contributed by atoms with Crippen LogP contribution in [0, 0.1) is 28.1 Å². The van der Waals surface area contributed by atoms with Crippen molar-refractivity contribution < 1.29 is 4.79 Å². The maximum atomic E-state index is 11.3. The van der Waals surface area contributed by atoms with E-state index in [-0.39, 0.29) is 0 Å². The lowest BCUT2D eigenvalue weighted by molar-refractivity contribution is -0.114. The van der Waals surface area contributed by atoms with Crippen LogP contribution < -0.4 is 0 Å². The molecule has 0 heterocycles. The lowest BCUT2D eigenvalue weighted by Crippen LogP contribution is -2.41. The van der Waals surface area contributed by atoms with Gasteiger partial charge in [-0.15, -0.1) is 0 Å². The topological polar surface area (TPSA) is 64.7 Å². The van der Waals surface area contributed by atoms with Crippen molar-refractivity contribution in [2.75, 3.05) is 0 Å². The van der Waals surface area contributed by atoms with Crippen molar-refractivity contribution in [3.05, 3.63) is 35.9 Å². The summed E-state index contributed by atoms with van der Waals surface area (Å²) in [6.45, 7) is 3.09. The summed E-state index contributed by atoms with van der Waals surface area (Å²) < 4.78 is 0. The minimum Gasteiger partial charge on any atom is -0.302 e. The molecule has 1 rings (SSSR count). The Morgan fingerprint density at radius 2 is 1.62 bits per heavy atom. The number of aldehydes is 1. The Morgan fingerprint density at radius 3 is 2.00 bits per heavy atom. The SMILES string of the molecule is CC(C#N)(C#N)[C@@](C)(C=O)c1ccccc1. The maximum absolute atomic E-state index is 11.3. The van der Waals surface area contributed by atoms with Gasteiger partial charge in [-0.2, -0.15) is 10.5 Å². The normalized spacial score (nSPS) is 14.2. The van der Waals surface area contributed by atoms with E-state index in [1.807, 2.05) is 18.2 Å². The predicted molar refractivity (Wildman–Crippen MR) is 59.2 cm³/mol. The molecule has 1 atom stereocenters. The van der Waals surface area contributed by atoms with Gasteiger partial charge in [0, 0.05) is 0 Å². The number of carbonyl (C=O) groups is 1. The molecular weight excluding hydrogens is 200 g/mol. The highest BCUT2D eigenvalue weighted by atomic mass is 16.1. The third-order valence-electron chi connectivity index (χ3n) is 3.10. The number of nitrogens with zero attached hydrogens (tertiary/aromatic N) is 2. The Morgan fingerprint density at radius 1 is 1.12 bits per heavy atom. The monoisotopic (exact) mass is 212 g/mol. The molecule has 0 N–H and O–H groups in total. The lowest BCUT2D eigenvalue weighted by Gasteiger charge is -2.32. The molecule has 0 saturated heterocycles. The van der Waals surface area contributed by atoms with Gasteiger partial charge in [-0.3, -0.25) is 0 Å². The molecule has 0 bridgehead atoms. The van der Waals surface area contributed by atoms with Crippen molar-refractivity contribution in [2.45, 2.75) is 19.3 Å². The van der Waals surface area contributed by atoms with Gasteiger partial charge in [-0.25, -0.2) is 0 Å². The first-order valence-electron chi connectivity index (χ1n) is 4.88. The molecule has 0 aromatic heterocycles. The smallest absolute Gasteiger partial charge is 0.156 e. The van der Waals surface area contributed by atoms with Gasteiger partial charge in [0.15, 0.2) is 5.41 Å². The van der Waals surface area contributed by atoms with Crippen molar-refractivity contribution in [3.63, 3.8) is 0 Å². The Bertz CT molecular complexity index is 453. The minimum absolute atomic E-state index is 0.675. The summed E-state index contributed by atoms with van der Waals surface area (Å²) in [7, 11) is 0. The second-order valence-electron chi connectivity index (χ2n) is 4.03.